The highest BCUT2D eigenvalue weighted by Crippen LogP contribution is 2.11. The lowest BCUT2D eigenvalue weighted by molar-refractivity contribution is 0.945. The minimum absolute atomic E-state index is 0.775. The molecule has 0 unspecified atom stereocenters. The van der Waals surface area contributed by atoms with Crippen molar-refractivity contribution in [2.45, 2.75) is 26.7 Å². The zero-order valence-corrected chi connectivity index (χ0v) is 12.1. The van der Waals surface area contributed by atoms with Crippen LogP contribution in [-0.2, 0) is 6.42 Å². The number of pyridine rings is 1. The van der Waals surface area contributed by atoms with Crippen LogP contribution in [0, 0.1) is 6.92 Å². The Morgan fingerprint density at radius 3 is 2.30 bits per heavy atom. The lowest BCUT2D eigenvalue weighted by Crippen LogP contribution is -2.09. The molecular formula is C15H21N5. The largest absolute Gasteiger partial charge is 0.370 e. The van der Waals surface area contributed by atoms with E-state index in [0.717, 1.165) is 43.4 Å². The van der Waals surface area contributed by atoms with Gasteiger partial charge < -0.3 is 10.6 Å². The van der Waals surface area contributed by atoms with Gasteiger partial charge in [-0.3, -0.25) is 4.98 Å². The lowest BCUT2D eigenvalue weighted by atomic mass is 10.2. The second-order valence-electron chi connectivity index (χ2n) is 4.64. The fraction of sp³-hybridized carbons (Fsp3) is 0.400. The molecule has 0 amide bonds. The van der Waals surface area contributed by atoms with Gasteiger partial charge in [-0.2, -0.15) is 0 Å². The molecule has 2 aromatic heterocycles. The van der Waals surface area contributed by atoms with Gasteiger partial charge in [0, 0.05) is 31.5 Å². The quantitative estimate of drug-likeness (QED) is 0.810. The van der Waals surface area contributed by atoms with Crippen molar-refractivity contribution in [3.8, 4) is 0 Å². The normalized spacial score (nSPS) is 10.3. The zero-order chi connectivity index (χ0) is 14.2. The molecule has 2 heterocycles. The van der Waals surface area contributed by atoms with Gasteiger partial charge in [-0.15, -0.1) is 0 Å². The summed E-state index contributed by atoms with van der Waals surface area (Å²) in [5.74, 6) is 2.52. The molecule has 0 aliphatic carbocycles. The molecular weight excluding hydrogens is 250 g/mol. The SMILES string of the molecule is CCCNc1cc(NCCc2ccncc2)nc(C)n1. The van der Waals surface area contributed by atoms with Crippen molar-refractivity contribution in [2.75, 3.05) is 23.7 Å². The number of hydrogen-bond acceptors (Lipinski definition) is 5. The molecule has 0 bridgehead atoms. The molecule has 2 rings (SSSR count). The van der Waals surface area contributed by atoms with Crippen molar-refractivity contribution in [1.82, 2.24) is 15.0 Å². The number of rotatable bonds is 7. The molecule has 2 aromatic rings. The molecule has 2 N–H and O–H groups in total. The predicted octanol–water partition coefficient (Wildman–Crippen LogP) is 2.66. The van der Waals surface area contributed by atoms with Gasteiger partial charge in [0.25, 0.3) is 0 Å². The van der Waals surface area contributed by atoms with E-state index in [0.29, 0.717) is 0 Å². The molecule has 5 heteroatoms. The first-order valence-electron chi connectivity index (χ1n) is 7.00. The monoisotopic (exact) mass is 271 g/mol. The molecule has 0 saturated heterocycles. The number of nitrogens with one attached hydrogen (secondary N) is 2. The predicted molar refractivity (Wildman–Crippen MR) is 82.0 cm³/mol. The summed E-state index contributed by atoms with van der Waals surface area (Å²) in [6, 6.07) is 6.01. The summed E-state index contributed by atoms with van der Waals surface area (Å²) in [5, 5.41) is 6.62. The van der Waals surface area contributed by atoms with Gasteiger partial charge in [-0.1, -0.05) is 6.92 Å². The summed E-state index contributed by atoms with van der Waals surface area (Å²) in [7, 11) is 0. The third-order valence-corrected chi connectivity index (χ3v) is 2.86. The molecule has 0 fully saturated rings. The van der Waals surface area contributed by atoms with Gasteiger partial charge in [0.15, 0.2) is 0 Å². The van der Waals surface area contributed by atoms with Crippen LogP contribution in [0.2, 0.25) is 0 Å². The Hall–Kier alpha value is -2.17. The highest BCUT2D eigenvalue weighted by atomic mass is 15.1. The summed E-state index contributed by atoms with van der Waals surface area (Å²) in [5.41, 5.74) is 1.27. The standard InChI is InChI=1S/C15H21N5/c1-3-7-17-14-11-15(20-12(2)19-14)18-10-6-13-4-8-16-9-5-13/h4-5,8-9,11H,3,6-7,10H2,1-2H3,(H2,17,18,19,20). The van der Waals surface area contributed by atoms with Crippen molar-refractivity contribution < 1.29 is 0 Å². The molecule has 0 aliphatic rings. The third-order valence-electron chi connectivity index (χ3n) is 2.86. The molecule has 0 aromatic carbocycles. The molecule has 0 atom stereocenters. The third kappa shape index (κ3) is 4.50. The van der Waals surface area contributed by atoms with Crippen LogP contribution in [0.5, 0.6) is 0 Å². The van der Waals surface area contributed by atoms with Crippen LogP contribution in [0.3, 0.4) is 0 Å². The fourth-order valence-electron chi connectivity index (χ4n) is 1.89. The van der Waals surface area contributed by atoms with E-state index >= 15 is 0 Å². The van der Waals surface area contributed by atoms with E-state index < -0.39 is 0 Å². The van der Waals surface area contributed by atoms with Crippen LogP contribution in [-0.4, -0.2) is 28.0 Å². The van der Waals surface area contributed by atoms with E-state index in [9.17, 15) is 0 Å². The highest BCUT2D eigenvalue weighted by Gasteiger charge is 2.01. The maximum atomic E-state index is 4.40. The smallest absolute Gasteiger partial charge is 0.131 e. The minimum atomic E-state index is 0.775. The maximum Gasteiger partial charge on any atom is 0.131 e. The van der Waals surface area contributed by atoms with Gasteiger partial charge in [-0.05, 0) is 37.5 Å². The van der Waals surface area contributed by atoms with Crippen molar-refractivity contribution in [3.63, 3.8) is 0 Å². The summed E-state index contributed by atoms with van der Waals surface area (Å²) in [4.78, 5) is 12.8. The van der Waals surface area contributed by atoms with Crippen LogP contribution in [0.15, 0.2) is 30.6 Å². The summed E-state index contributed by atoms with van der Waals surface area (Å²) < 4.78 is 0. The van der Waals surface area contributed by atoms with E-state index in [-0.39, 0.29) is 0 Å². The molecule has 0 aliphatic heterocycles. The van der Waals surface area contributed by atoms with E-state index in [1.54, 1.807) is 0 Å². The topological polar surface area (TPSA) is 62.7 Å². The first kappa shape index (κ1) is 14.2. The molecule has 106 valence electrons. The van der Waals surface area contributed by atoms with Gasteiger partial charge in [0.05, 0.1) is 0 Å². The average Bonchev–Trinajstić information content (AvgIpc) is 2.46. The number of anilines is 2. The Morgan fingerprint density at radius 1 is 1.00 bits per heavy atom. The highest BCUT2D eigenvalue weighted by molar-refractivity contribution is 5.47. The number of hydrogen-bond donors (Lipinski definition) is 2. The first-order chi connectivity index (χ1) is 9.78. The van der Waals surface area contributed by atoms with Crippen molar-refractivity contribution in [2.24, 2.45) is 0 Å². The van der Waals surface area contributed by atoms with E-state index in [2.05, 4.69) is 32.5 Å². The Bertz CT molecular complexity index is 527. The Balaban J connectivity index is 1.90. The van der Waals surface area contributed by atoms with Crippen LogP contribution >= 0.6 is 0 Å². The first-order valence-corrected chi connectivity index (χ1v) is 7.00. The summed E-state index contributed by atoms with van der Waals surface area (Å²) in [6.45, 7) is 5.81. The Morgan fingerprint density at radius 2 is 1.65 bits per heavy atom. The van der Waals surface area contributed by atoms with Crippen LogP contribution in [0.25, 0.3) is 0 Å². The van der Waals surface area contributed by atoms with Gasteiger partial charge in [0.1, 0.15) is 17.5 Å². The van der Waals surface area contributed by atoms with Crippen molar-refractivity contribution in [3.05, 3.63) is 42.0 Å². The van der Waals surface area contributed by atoms with Gasteiger partial charge in [0.2, 0.25) is 0 Å². The number of nitrogens with zero attached hydrogens (tertiary/aromatic N) is 3. The fourth-order valence-corrected chi connectivity index (χ4v) is 1.89. The van der Waals surface area contributed by atoms with Crippen molar-refractivity contribution in [1.29, 1.82) is 0 Å². The number of aryl methyl sites for hydroxylation is 1. The molecule has 0 saturated carbocycles. The Kier molecular flexibility index (Phi) is 5.29. The van der Waals surface area contributed by atoms with Gasteiger partial charge >= 0.3 is 0 Å². The second-order valence-corrected chi connectivity index (χ2v) is 4.64. The molecule has 0 spiro atoms. The summed E-state index contributed by atoms with van der Waals surface area (Å²) >= 11 is 0. The van der Waals surface area contributed by atoms with Crippen LogP contribution in [0.4, 0.5) is 11.6 Å². The van der Waals surface area contributed by atoms with Crippen LogP contribution in [0.1, 0.15) is 24.7 Å². The second kappa shape index (κ2) is 7.43. The Labute approximate surface area is 119 Å². The van der Waals surface area contributed by atoms with E-state index in [4.69, 9.17) is 0 Å². The van der Waals surface area contributed by atoms with Gasteiger partial charge in [-0.25, -0.2) is 9.97 Å². The van der Waals surface area contributed by atoms with Crippen molar-refractivity contribution >= 4 is 11.6 Å². The summed E-state index contributed by atoms with van der Waals surface area (Å²) in [6.07, 6.45) is 5.66. The average molecular weight is 271 g/mol. The minimum Gasteiger partial charge on any atom is -0.370 e. The van der Waals surface area contributed by atoms with Crippen LogP contribution < -0.4 is 10.6 Å². The lowest BCUT2D eigenvalue weighted by Gasteiger charge is -2.09. The van der Waals surface area contributed by atoms with E-state index in [1.165, 1.54) is 5.56 Å². The number of aromatic nitrogens is 3. The molecule has 20 heavy (non-hydrogen) atoms. The van der Waals surface area contributed by atoms with E-state index in [1.807, 2.05) is 37.5 Å². The molecule has 0 radical (unpaired) electrons. The molecule has 5 nitrogen and oxygen atoms in total. The zero-order valence-electron chi connectivity index (χ0n) is 12.1. The maximum absolute atomic E-state index is 4.40.